The van der Waals surface area contributed by atoms with Gasteiger partial charge >= 0.3 is 0 Å². The Bertz CT molecular complexity index is 721. The number of nitrogens with one attached hydrogen (secondary N) is 1. The van der Waals surface area contributed by atoms with Crippen LogP contribution in [0.15, 0.2) is 42.5 Å². The van der Waals surface area contributed by atoms with Gasteiger partial charge in [-0.15, -0.1) is 0 Å². The van der Waals surface area contributed by atoms with Gasteiger partial charge in [0.05, 0.1) is 0 Å². The second kappa shape index (κ2) is 7.39. The highest BCUT2D eigenvalue weighted by atomic mass is 16.5. The standard InChI is InChI=1S/C20H24N2O2/c1-15-8-9-19(12-16(15)2)24-14-20(23)21-17-6-5-7-18(13-17)22-10-3-4-11-22/h5-9,12-13H,3-4,10-11,14H2,1-2H3,(H,21,23). The molecule has 126 valence electrons. The minimum Gasteiger partial charge on any atom is -0.484 e. The molecule has 1 amide bonds. The van der Waals surface area contributed by atoms with Gasteiger partial charge in [-0.05, 0) is 68.1 Å². The highest BCUT2D eigenvalue weighted by Crippen LogP contribution is 2.23. The molecule has 0 spiro atoms. The van der Waals surface area contributed by atoms with Crippen molar-refractivity contribution >= 4 is 17.3 Å². The quantitative estimate of drug-likeness (QED) is 0.906. The van der Waals surface area contributed by atoms with E-state index in [4.69, 9.17) is 4.74 Å². The molecule has 3 rings (SSSR count). The minimum absolute atomic E-state index is 0.0104. The average Bonchev–Trinajstić information content (AvgIpc) is 3.11. The third-order valence-electron chi connectivity index (χ3n) is 4.45. The lowest BCUT2D eigenvalue weighted by molar-refractivity contribution is -0.118. The summed E-state index contributed by atoms with van der Waals surface area (Å²) in [6.45, 7) is 6.28. The van der Waals surface area contributed by atoms with E-state index in [1.807, 2.05) is 43.3 Å². The van der Waals surface area contributed by atoms with Gasteiger partial charge in [0, 0.05) is 24.5 Å². The number of carbonyl (C=O) groups is 1. The van der Waals surface area contributed by atoms with Gasteiger partial charge in [-0.25, -0.2) is 0 Å². The van der Waals surface area contributed by atoms with Gasteiger partial charge in [-0.3, -0.25) is 4.79 Å². The second-order valence-electron chi connectivity index (χ2n) is 6.33. The topological polar surface area (TPSA) is 41.6 Å². The van der Waals surface area contributed by atoms with Crippen molar-refractivity contribution in [3.05, 3.63) is 53.6 Å². The van der Waals surface area contributed by atoms with Crippen molar-refractivity contribution in [3.63, 3.8) is 0 Å². The van der Waals surface area contributed by atoms with Gasteiger partial charge < -0.3 is 15.0 Å². The van der Waals surface area contributed by atoms with Crippen LogP contribution in [0.2, 0.25) is 0 Å². The van der Waals surface area contributed by atoms with E-state index in [0.29, 0.717) is 0 Å². The summed E-state index contributed by atoms with van der Waals surface area (Å²) in [5, 5.41) is 2.91. The molecule has 24 heavy (non-hydrogen) atoms. The number of carbonyl (C=O) groups excluding carboxylic acids is 1. The van der Waals surface area contributed by atoms with E-state index in [2.05, 4.69) is 23.2 Å². The van der Waals surface area contributed by atoms with E-state index in [0.717, 1.165) is 30.1 Å². The first-order valence-electron chi connectivity index (χ1n) is 8.47. The van der Waals surface area contributed by atoms with E-state index in [9.17, 15) is 4.79 Å². The van der Waals surface area contributed by atoms with Crippen LogP contribution in [-0.2, 0) is 4.79 Å². The Morgan fingerprint density at radius 2 is 1.88 bits per heavy atom. The molecule has 1 aliphatic heterocycles. The van der Waals surface area contributed by atoms with Crippen molar-refractivity contribution in [1.29, 1.82) is 0 Å². The Hall–Kier alpha value is -2.49. The Labute approximate surface area is 143 Å². The summed E-state index contributed by atoms with van der Waals surface area (Å²) in [7, 11) is 0. The van der Waals surface area contributed by atoms with E-state index in [-0.39, 0.29) is 12.5 Å². The van der Waals surface area contributed by atoms with Crippen molar-refractivity contribution in [2.24, 2.45) is 0 Å². The summed E-state index contributed by atoms with van der Waals surface area (Å²) in [6, 6.07) is 13.9. The molecule has 1 aliphatic rings. The van der Waals surface area contributed by atoms with E-state index in [1.54, 1.807) is 0 Å². The molecule has 0 bridgehead atoms. The van der Waals surface area contributed by atoms with Gasteiger partial charge in [0.1, 0.15) is 5.75 Å². The third-order valence-corrected chi connectivity index (χ3v) is 4.45. The van der Waals surface area contributed by atoms with Crippen LogP contribution in [-0.4, -0.2) is 25.6 Å². The lowest BCUT2D eigenvalue weighted by Crippen LogP contribution is -2.21. The maximum atomic E-state index is 12.1. The van der Waals surface area contributed by atoms with Gasteiger partial charge in [0.2, 0.25) is 0 Å². The molecule has 1 N–H and O–H groups in total. The number of amides is 1. The van der Waals surface area contributed by atoms with Crippen LogP contribution in [0.1, 0.15) is 24.0 Å². The molecule has 0 saturated carbocycles. The van der Waals surface area contributed by atoms with E-state index >= 15 is 0 Å². The zero-order chi connectivity index (χ0) is 16.9. The Morgan fingerprint density at radius 1 is 1.08 bits per heavy atom. The Balaban J connectivity index is 1.56. The lowest BCUT2D eigenvalue weighted by Gasteiger charge is -2.18. The van der Waals surface area contributed by atoms with Gasteiger partial charge in [-0.2, -0.15) is 0 Å². The molecule has 0 atom stereocenters. The fourth-order valence-corrected chi connectivity index (χ4v) is 2.91. The number of benzene rings is 2. The monoisotopic (exact) mass is 324 g/mol. The molecule has 1 fully saturated rings. The van der Waals surface area contributed by atoms with Gasteiger partial charge in [0.15, 0.2) is 6.61 Å². The van der Waals surface area contributed by atoms with Gasteiger partial charge in [0.25, 0.3) is 5.91 Å². The highest BCUT2D eigenvalue weighted by Gasteiger charge is 2.13. The number of anilines is 2. The zero-order valence-corrected chi connectivity index (χ0v) is 14.3. The normalized spacial score (nSPS) is 13.8. The minimum atomic E-state index is -0.146. The molecule has 4 heteroatoms. The van der Waals surface area contributed by atoms with Crippen LogP contribution in [0.4, 0.5) is 11.4 Å². The molecule has 2 aromatic carbocycles. The maximum absolute atomic E-state index is 12.1. The first-order valence-corrected chi connectivity index (χ1v) is 8.47. The van der Waals surface area contributed by atoms with Crippen LogP contribution >= 0.6 is 0 Å². The van der Waals surface area contributed by atoms with Crippen LogP contribution < -0.4 is 15.0 Å². The van der Waals surface area contributed by atoms with Crippen molar-refractivity contribution < 1.29 is 9.53 Å². The zero-order valence-electron chi connectivity index (χ0n) is 14.3. The largest absolute Gasteiger partial charge is 0.484 e. The third kappa shape index (κ3) is 4.07. The number of hydrogen-bond donors (Lipinski definition) is 1. The smallest absolute Gasteiger partial charge is 0.262 e. The summed E-state index contributed by atoms with van der Waals surface area (Å²) >= 11 is 0. The lowest BCUT2D eigenvalue weighted by atomic mass is 10.1. The number of ether oxygens (including phenoxy) is 1. The van der Waals surface area contributed by atoms with Crippen LogP contribution in [0.25, 0.3) is 0 Å². The molecular formula is C20H24N2O2. The first-order chi connectivity index (χ1) is 11.6. The summed E-state index contributed by atoms with van der Waals surface area (Å²) in [6.07, 6.45) is 2.47. The number of nitrogens with zero attached hydrogens (tertiary/aromatic N) is 1. The predicted octanol–water partition coefficient (Wildman–Crippen LogP) is 3.92. The number of rotatable bonds is 5. The van der Waals surface area contributed by atoms with Crippen LogP contribution in [0, 0.1) is 13.8 Å². The molecule has 1 heterocycles. The molecule has 2 aromatic rings. The fourth-order valence-electron chi connectivity index (χ4n) is 2.91. The average molecular weight is 324 g/mol. The Morgan fingerprint density at radius 3 is 2.62 bits per heavy atom. The first kappa shape index (κ1) is 16.4. The molecule has 1 saturated heterocycles. The molecule has 0 radical (unpaired) electrons. The van der Waals surface area contributed by atoms with Crippen molar-refractivity contribution in [2.45, 2.75) is 26.7 Å². The molecular weight excluding hydrogens is 300 g/mol. The van der Waals surface area contributed by atoms with Gasteiger partial charge in [-0.1, -0.05) is 12.1 Å². The van der Waals surface area contributed by atoms with Crippen LogP contribution in [0.5, 0.6) is 5.75 Å². The maximum Gasteiger partial charge on any atom is 0.262 e. The highest BCUT2D eigenvalue weighted by molar-refractivity contribution is 5.92. The molecule has 0 aliphatic carbocycles. The van der Waals surface area contributed by atoms with Crippen molar-refractivity contribution in [3.8, 4) is 5.75 Å². The number of hydrogen-bond acceptors (Lipinski definition) is 3. The SMILES string of the molecule is Cc1ccc(OCC(=O)Nc2cccc(N3CCCC3)c2)cc1C. The predicted molar refractivity (Wildman–Crippen MR) is 97.9 cm³/mol. The van der Waals surface area contributed by atoms with Crippen LogP contribution in [0.3, 0.4) is 0 Å². The van der Waals surface area contributed by atoms with E-state index in [1.165, 1.54) is 24.1 Å². The van der Waals surface area contributed by atoms with E-state index < -0.39 is 0 Å². The fraction of sp³-hybridized carbons (Fsp3) is 0.350. The second-order valence-corrected chi connectivity index (χ2v) is 6.33. The summed E-state index contributed by atoms with van der Waals surface area (Å²) in [5.74, 6) is 0.575. The Kier molecular flexibility index (Phi) is 5.04. The molecule has 0 unspecified atom stereocenters. The number of aryl methyl sites for hydroxylation is 2. The summed E-state index contributed by atoms with van der Waals surface area (Å²) in [4.78, 5) is 14.5. The van der Waals surface area contributed by atoms with Crippen molar-refractivity contribution in [2.75, 3.05) is 29.9 Å². The summed E-state index contributed by atoms with van der Waals surface area (Å²) in [5.41, 5.74) is 4.35. The molecule has 4 nitrogen and oxygen atoms in total. The summed E-state index contributed by atoms with van der Waals surface area (Å²) < 4.78 is 5.58. The molecule has 0 aromatic heterocycles. The van der Waals surface area contributed by atoms with Crippen molar-refractivity contribution in [1.82, 2.24) is 0 Å².